The fourth-order valence-electron chi connectivity index (χ4n) is 10.6. The Balaban J connectivity index is 1.65. The van der Waals surface area contributed by atoms with E-state index in [1.807, 2.05) is 0 Å². The molecule has 1 nitrogen and oxygen atoms in total. The van der Waals surface area contributed by atoms with E-state index in [0.717, 1.165) is 36.5 Å². The van der Waals surface area contributed by atoms with Crippen molar-refractivity contribution in [1.29, 1.82) is 0 Å². The van der Waals surface area contributed by atoms with Crippen LogP contribution in [-0.2, 0) is 0 Å². The van der Waals surface area contributed by atoms with Gasteiger partial charge in [0.1, 0.15) is 15.7 Å². The molecule has 4 rings (SSSR count). The lowest BCUT2D eigenvalue weighted by Crippen LogP contribution is -2.68. The number of aliphatic hydroxyl groups excluding tert-OH is 1. The molecule has 10 atom stereocenters. The zero-order valence-electron chi connectivity index (χ0n) is 23.6. The molecule has 0 heterocycles. The molecule has 4 aliphatic carbocycles. The Kier molecular flexibility index (Phi) is 6.60. The molecule has 0 bridgehead atoms. The third-order valence-electron chi connectivity index (χ3n) is 14.1. The Morgan fingerprint density at radius 1 is 0.848 bits per heavy atom. The Morgan fingerprint density at radius 3 is 2.12 bits per heavy atom. The molecule has 5 unspecified atom stereocenters. The minimum atomic E-state index is -0.0974. The lowest BCUT2D eigenvalue weighted by atomic mass is 9.20. The van der Waals surface area contributed by atoms with E-state index in [0.29, 0.717) is 16.1 Å². The highest BCUT2D eigenvalue weighted by Gasteiger charge is 2.76. The molecule has 0 aromatic heterocycles. The Morgan fingerprint density at radius 2 is 1.48 bits per heavy atom. The van der Waals surface area contributed by atoms with E-state index in [-0.39, 0.29) is 21.6 Å². The van der Waals surface area contributed by atoms with Crippen LogP contribution in [0.3, 0.4) is 0 Å². The topological polar surface area (TPSA) is 20.2 Å². The average molecular weight is 472 g/mol. The second-order valence-corrected chi connectivity index (χ2v) is 15.9. The summed E-state index contributed by atoms with van der Waals surface area (Å²) in [5, 5.41) is 11.2. The van der Waals surface area contributed by atoms with E-state index in [4.69, 9.17) is 12.6 Å². The quantitative estimate of drug-likeness (QED) is 0.345. The van der Waals surface area contributed by atoms with Crippen molar-refractivity contribution in [3.05, 3.63) is 0 Å². The first-order valence-corrected chi connectivity index (χ1v) is 15.0. The predicted octanol–water partition coefficient (Wildman–Crippen LogP) is 6.51. The normalized spacial score (nSPS) is 53.8. The molecule has 33 heavy (non-hydrogen) atoms. The Labute approximate surface area is 213 Å². The van der Waals surface area contributed by atoms with Crippen LogP contribution in [0, 0.1) is 39.9 Å². The van der Waals surface area contributed by atoms with Gasteiger partial charge in [-0.25, -0.2) is 0 Å². The lowest BCUT2D eigenvalue weighted by Gasteiger charge is -2.77. The van der Waals surface area contributed by atoms with E-state index in [1.54, 1.807) is 0 Å². The van der Waals surface area contributed by atoms with Gasteiger partial charge in [-0.2, -0.15) is 12.6 Å². The van der Waals surface area contributed by atoms with E-state index in [9.17, 15) is 5.11 Å². The first kappa shape index (κ1) is 26.5. The van der Waals surface area contributed by atoms with Crippen LogP contribution in [-0.4, -0.2) is 31.7 Å². The molecule has 188 valence electrons. The Hall–Kier alpha value is 0.440. The van der Waals surface area contributed by atoms with Gasteiger partial charge < -0.3 is 5.11 Å². The van der Waals surface area contributed by atoms with Crippen LogP contribution in [0.2, 0.25) is 10.6 Å². The molecular formula is C29H54B2OS. The molecule has 4 heteroatoms. The van der Waals surface area contributed by atoms with Crippen molar-refractivity contribution in [2.24, 2.45) is 39.9 Å². The second-order valence-electron chi connectivity index (χ2n) is 15.2. The van der Waals surface area contributed by atoms with Gasteiger partial charge in [0.2, 0.25) is 0 Å². The number of rotatable bonds is 5. The van der Waals surface area contributed by atoms with E-state index in [2.05, 4.69) is 64.2 Å². The zero-order valence-corrected chi connectivity index (χ0v) is 24.5. The molecule has 4 aliphatic rings. The van der Waals surface area contributed by atoms with Gasteiger partial charge in [0, 0.05) is 4.75 Å². The summed E-state index contributed by atoms with van der Waals surface area (Å²) < 4.78 is 0.121. The molecule has 0 saturated heterocycles. The monoisotopic (exact) mass is 472 g/mol. The van der Waals surface area contributed by atoms with E-state index in [1.165, 1.54) is 57.8 Å². The number of aliphatic hydroxyl groups is 1. The highest BCUT2D eigenvalue weighted by Crippen LogP contribution is 2.87. The van der Waals surface area contributed by atoms with Gasteiger partial charge >= 0.3 is 0 Å². The summed E-state index contributed by atoms with van der Waals surface area (Å²) >= 11 is 5.84. The van der Waals surface area contributed by atoms with Crippen LogP contribution < -0.4 is 0 Å². The maximum atomic E-state index is 10.6. The highest BCUT2D eigenvalue weighted by atomic mass is 32.1. The summed E-state index contributed by atoms with van der Waals surface area (Å²) in [5.41, 5.74) is 0.887. The number of hydrogen-bond acceptors (Lipinski definition) is 2. The SMILES string of the molecule is BC12CC[C@@]3(C)CC(O)CCC3(C)[C@@]1(B)CCC1(C)C([C@H](C)CC[C@H](C)C(C)C)CC[C@]12S. The molecule has 0 aromatic carbocycles. The van der Waals surface area contributed by atoms with Crippen LogP contribution in [0.5, 0.6) is 0 Å². The fourth-order valence-corrected chi connectivity index (χ4v) is 11.4. The molecule has 0 amide bonds. The van der Waals surface area contributed by atoms with Crippen LogP contribution >= 0.6 is 12.6 Å². The summed E-state index contributed by atoms with van der Waals surface area (Å²) in [5.74, 6) is 3.23. The molecule has 0 radical (unpaired) electrons. The van der Waals surface area contributed by atoms with Crippen molar-refractivity contribution in [3.8, 4) is 0 Å². The van der Waals surface area contributed by atoms with Gasteiger partial charge in [-0.3, -0.25) is 0 Å². The molecule has 4 fully saturated rings. The van der Waals surface area contributed by atoms with Gasteiger partial charge in [0.05, 0.1) is 6.10 Å². The molecule has 0 aromatic rings. The molecular weight excluding hydrogens is 418 g/mol. The third-order valence-corrected chi connectivity index (χ3v) is 15.4. The summed E-state index contributed by atoms with van der Waals surface area (Å²) in [7, 11) is 5.34. The smallest absolute Gasteiger partial charge is 0.111 e. The van der Waals surface area contributed by atoms with Gasteiger partial charge in [0.15, 0.2) is 0 Å². The number of hydrogen-bond donors (Lipinski definition) is 2. The van der Waals surface area contributed by atoms with Crippen LogP contribution in [0.1, 0.15) is 119 Å². The maximum absolute atomic E-state index is 10.6. The minimum absolute atomic E-state index is 0.0974. The molecule has 0 aliphatic heterocycles. The second kappa shape index (κ2) is 8.22. The van der Waals surface area contributed by atoms with Crippen molar-refractivity contribution < 1.29 is 5.11 Å². The lowest BCUT2D eigenvalue weighted by molar-refractivity contribution is -0.147. The third kappa shape index (κ3) is 3.30. The van der Waals surface area contributed by atoms with Crippen LogP contribution in [0.25, 0.3) is 0 Å². The van der Waals surface area contributed by atoms with Crippen molar-refractivity contribution in [1.82, 2.24) is 0 Å². The maximum Gasteiger partial charge on any atom is 0.111 e. The van der Waals surface area contributed by atoms with Gasteiger partial charge in [0.25, 0.3) is 0 Å². The molecule has 1 N–H and O–H groups in total. The van der Waals surface area contributed by atoms with Crippen LogP contribution in [0.15, 0.2) is 0 Å². The average Bonchev–Trinajstić information content (AvgIpc) is 3.02. The summed E-state index contributed by atoms with van der Waals surface area (Å²) in [6.07, 6.45) is 13.7. The van der Waals surface area contributed by atoms with Gasteiger partial charge in [-0.1, -0.05) is 79.5 Å². The standard InChI is InChI=1S/C29H54B2OS/c1-19(2)20(3)8-9-21(4)23-11-13-29(33)25(23,6)15-17-27(30)26(7)12-10-22(32)18-24(26,5)14-16-28(27,29)31/h19-23,32-33H,8-18,30-31H2,1-7H3/t20-,21+,22?,23?,24-,25?,26?,27-,28?,29-/m0/s1. The number of fused-ring (bicyclic) bond motifs is 5. The Bertz CT molecular complexity index is 760. The fraction of sp³-hybridized carbons (Fsp3) is 1.00. The predicted molar refractivity (Wildman–Crippen MR) is 152 cm³/mol. The number of thiol groups is 1. The summed E-state index contributed by atoms with van der Waals surface area (Å²) in [6, 6.07) is 0. The minimum Gasteiger partial charge on any atom is -0.393 e. The highest BCUT2D eigenvalue weighted by molar-refractivity contribution is 7.82. The summed E-state index contributed by atoms with van der Waals surface area (Å²) in [4.78, 5) is 0. The van der Waals surface area contributed by atoms with Crippen molar-refractivity contribution in [3.63, 3.8) is 0 Å². The van der Waals surface area contributed by atoms with E-state index >= 15 is 0 Å². The van der Waals surface area contributed by atoms with Gasteiger partial charge in [-0.05, 0) is 90.2 Å². The first-order valence-electron chi connectivity index (χ1n) is 14.5. The first-order chi connectivity index (χ1) is 15.1. The van der Waals surface area contributed by atoms with Crippen molar-refractivity contribution in [2.45, 2.75) is 141 Å². The van der Waals surface area contributed by atoms with Gasteiger partial charge in [-0.15, -0.1) is 0 Å². The largest absolute Gasteiger partial charge is 0.393 e. The zero-order chi connectivity index (χ0) is 24.7. The molecule has 4 saturated carbocycles. The van der Waals surface area contributed by atoms with Crippen molar-refractivity contribution in [2.75, 3.05) is 0 Å². The summed E-state index contributed by atoms with van der Waals surface area (Å²) in [6.45, 7) is 17.6. The molecule has 0 spiro atoms. The van der Waals surface area contributed by atoms with Crippen molar-refractivity contribution >= 4 is 28.3 Å². The van der Waals surface area contributed by atoms with Crippen LogP contribution in [0.4, 0.5) is 0 Å². The van der Waals surface area contributed by atoms with E-state index < -0.39 is 0 Å².